The topological polar surface area (TPSA) is 71.3 Å². The van der Waals surface area contributed by atoms with E-state index in [1.807, 2.05) is 53.4 Å². The summed E-state index contributed by atoms with van der Waals surface area (Å²) in [4.78, 5) is 18.4. The van der Waals surface area contributed by atoms with E-state index in [1.54, 1.807) is 0 Å². The summed E-state index contributed by atoms with van der Waals surface area (Å²) < 4.78 is 5.36. The maximum atomic E-state index is 12.1. The molecule has 6 nitrogen and oxygen atoms in total. The van der Waals surface area contributed by atoms with E-state index >= 15 is 0 Å². The van der Waals surface area contributed by atoms with Crippen molar-refractivity contribution in [2.45, 2.75) is 12.5 Å². The minimum absolute atomic E-state index is 0.0160. The van der Waals surface area contributed by atoms with Crippen molar-refractivity contribution in [2.24, 2.45) is 0 Å². The molecule has 0 saturated carbocycles. The van der Waals surface area contributed by atoms with Gasteiger partial charge in [0, 0.05) is 12.1 Å². The Morgan fingerprint density at radius 2 is 1.80 bits per heavy atom. The van der Waals surface area contributed by atoms with Gasteiger partial charge in [0.1, 0.15) is 0 Å². The minimum atomic E-state index is -0.0294. The zero-order valence-corrected chi connectivity index (χ0v) is 13.6. The third-order valence-electron chi connectivity index (χ3n) is 4.18. The Labute approximate surface area is 145 Å². The maximum absolute atomic E-state index is 12.1. The molecule has 1 aliphatic rings. The fourth-order valence-corrected chi connectivity index (χ4v) is 3.03. The zero-order chi connectivity index (χ0) is 17.1. The lowest BCUT2D eigenvalue weighted by Crippen LogP contribution is -2.55. The highest BCUT2D eigenvalue weighted by molar-refractivity contribution is 5.82. The Hall–Kier alpha value is -3.15. The highest BCUT2D eigenvalue weighted by Crippen LogP contribution is 2.21. The van der Waals surface area contributed by atoms with Gasteiger partial charge in [0.05, 0.1) is 12.6 Å². The van der Waals surface area contributed by atoms with Gasteiger partial charge in [-0.05, 0) is 29.3 Å². The largest absolute Gasteiger partial charge is 0.350 e. The van der Waals surface area contributed by atoms with E-state index in [2.05, 4.69) is 27.6 Å². The monoisotopic (exact) mass is 334 g/mol. The van der Waals surface area contributed by atoms with E-state index < -0.39 is 0 Å². The van der Waals surface area contributed by atoms with Crippen LogP contribution >= 0.6 is 0 Å². The van der Waals surface area contributed by atoms with Crippen LogP contribution in [0.1, 0.15) is 5.56 Å². The van der Waals surface area contributed by atoms with E-state index in [-0.39, 0.29) is 18.5 Å². The molecular weight excluding hydrogens is 316 g/mol. The molecule has 126 valence electrons. The maximum Gasteiger partial charge on any atom is 0.266 e. The molecule has 1 aromatic heterocycles. The normalized spacial score (nSPS) is 17.4. The SMILES string of the molecule is O=C1CN(c2noc(-c3ccccc3)n2)CC(Cc2ccccc2)N1. The van der Waals surface area contributed by atoms with Crippen molar-refractivity contribution in [3.8, 4) is 11.5 Å². The molecule has 25 heavy (non-hydrogen) atoms. The Balaban J connectivity index is 1.50. The molecule has 1 N–H and O–H groups in total. The van der Waals surface area contributed by atoms with Gasteiger partial charge in [-0.3, -0.25) is 4.79 Å². The Bertz CT molecular complexity index is 848. The number of benzene rings is 2. The van der Waals surface area contributed by atoms with E-state index in [0.29, 0.717) is 18.4 Å². The number of amides is 1. The molecule has 4 rings (SSSR count). The summed E-state index contributed by atoms with van der Waals surface area (Å²) in [6.07, 6.45) is 0.770. The van der Waals surface area contributed by atoms with Crippen molar-refractivity contribution in [2.75, 3.05) is 18.0 Å². The van der Waals surface area contributed by atoms with Gasteiger partial charge in [0.2, 0.25) is 5.91 Å². The number of carbonyl (C=O) groups excluding carboxylic acids is 1. The molecule has 1 saturated heterocycles. The van der Waals surface area contributed by atoms with Gasteiger partial charge in [-0.15, -0.1) is 0 Å². The molecule has 3 aromatic rings. The molecule has 0 bridgehead atoms. The first-order valence-corrected chi connectivity index (χ1v) is 8.25. The number of anilines is 1. The second kappa shape index (κ2) is 6.76. The number of nitrogens with zero attached hydrogens (tertiary/aromatic N) is 3. The van der Waals surface area contributed by atoms with E-state index in [9.17, 15) is 4.79 Å². The molecular formula is C19H18N4O2. The smallest absolute Gasteiger partial charge is 0.266 e. The van der Waals surface area contributed by atoms with E-state index in [0.717, 1.165) is 12.0 Å². The Morgan fingerprint density at radius 3 is 2.56 bits per heavy atom. The third kappa shape index (κ3) is 3.52. The summed E-state index contributed by atoms with van der Waals surface area (Å²) in [5, 5.41) is 7.09. The predicted molar refractivity (Wildman–Crippen MR) is 94.0 cm³/mol. The highest BCUT2D eigenvalue weighted by atomic mass is 16.5. The minimum Gasteiger partial charge on any atom is -0.350 e. The standard InChI is InChI=1S/C19H18N4O2/c24-17-13-23(12-16(20-17)11-14-7-3-1-4-8-14)19-21-18(25-22-19)15-9-5-2-6-10-15/h1-10,16H,11-13H2,(H,20,24). The van der Waals surface area contributed by atoms with E-state index in [4.69, 9.17) is 4.52 Å². The molecule has 2 aromatic carbocycles. The first-order chi connectivity index (χ1) is 12.3. The van der Waals surface area contributed by atoms with Crippen LogP contribution in [0, 0.1) is 0 Å². The number of rotatable bonds is 4. The summed E-state index contributed by atoms with van der Waals surface area (Å²) in [5.74, 6) is 0.881. The molecule has 1 amide bonds. The summed E-state index contributed by atoms with van der Waals surface area (Å²) in [5.41, 5.74) is 2.05. The lowest BCUT2D eigenvalue weighted by Gasteiger charge is -2.32. The number of piperazine rings is 1. The fourth-order valence-electron chi connectivity index (χ4n) is 3.03. The van der Waals surface area contributed by atoms with Gasteiger partial charge in [-0.2, -0.15) is 4.98 Å². The van der Waals surface area contributed by atoms with Crippen molar-refractivity contribution in [1.29, 1.82) is 0 Å². The summed E-state index contributed by atoms with van der Waals surface area (Å²) in [6, 6.07) is 19.7. The van der Waals surface area contributed by atoms with Gasteiger partial charge in [-0.1, -0.05) is 48.5 Å². The number of nitrogens with one attached hydrogen (secondary N) is 1. The number of hydrogen-bond acceptors (Lipinski definition) is 5. The lowest BCUT2D eigenvalue weighted by atomic mass is 10.0. The first-order valence-electron chi connectivity index (χ1n) is 8.25. The van der Waals surface area contributed by atoms with Crippen molar-refractivity contribution in [3.63, 3.8) is 0 Å². The van der Waals surface area contributed by atoms with Gasteiger partial charge >= 0.3 is 0 Å². The van der Waals surface area contributed by atoms with Crippen LogP contribution < -0.4 is 10.2 Å². The van der Waals surface area contributed by atoms with Crippen LogP contribution in [-0.2, 0) is 11.2 Å². The van der Waals surface area contributed by atoms with Gasteiger partial charge < -0.3 is 14.7 Å². The summed E-state index contributed by atoms with van der Waals surface area (Å²) in [6.45, 7) is 0.882. The Morgan fingerprint density at radius 1 is 1.08 bits per heavy atom. The molecule has 1 aliphatic heterocycles. The van der Waals surface area contributed by atoms with Crippen molar-refractivity contribution in [3.05, 3.63) is 66.2 Å². The lowest BCUT2D eigenvalue weighted by molar-refractivity contribution is -0.121. The third-order valence-corrected chi connectivity index (χ3v) is 4.18. The molecule has 0 aliphatic carbocycles. The second-order valence-electron chi connectivity index (χ2n) is 6.10. The van der Waals surface area contributed by atoms with Gasteiger partial charge in [0.15, 0.2) is 0 Å². The number of carbonyl (C=O) groups is 1. The van der Waals surface area contributed by atoms with Crippen LogP contribution in [0.4, 0.5) is 5.95 Å². The van der Waals surface area contributed by atoms with E-state index in [1.165, 1.54) is 5.56 Å². The van der Waals surface area contributed by atoms with Gasteiger partial charge in [-0.25, -0.2) is 0 Å². The predicted octanol–water partition coefficient (Wildman–Crippen LogP) is 2.28. The average molecular weight is 334 g/mol. The van der Waals surface area contributed by atoms with Crippen LogP contribution in [0.3, 0.4) is 0 Å². The zero-order valence-electron chi connectivity index (χ0n) is 13.6. The van der Waals surface area contributed by atoms with Crippen molar-refractivity contribution in [1.82, 2.24) is 15.5 Å². The van der Waals surface area contributed by atoms with Crippen LogP contribution in [-0.4, -0.2) is 35.2 Å². The van der Waals surface area contributed by atoms with Crippen LogP contribution in [0.2, 0.25) is 0 Å². The molecule has 0 radical (unpaired) electrons. The van der Waals surface area contributed by atoms with Crippen LogP contribution in [0.25, 0.3) is 11.5 Å². The molecule has 6 heteroatoms. The van der Waals surface area contributed by atoms with Crippen molar-refractivity contribution >= 4 is 11.9 Å². The Kier molecular flexibility index (Phi) is 4.16. The number of aromatic nitrogens is 2. The molecule has 2 heterocycles. The van der Waals surface area contributed by atoms with Crippen LogP contribution in [0.15, 0.2) is 65.2 Å². The average Bonchev–Trinajstić information content (AvgIpc) is 3.13. The molecule has 1 atom stereocenters. The van der Waals surface area contributed by atoms with Crippen LogP contribution in [0.5, 0.6) is 0 Å². The first kappa shape index (κ1) is 15.4. The van der Waals surface area contributed by atoms with Crippen molar-refractivity contribution < 1.29 is 9.32 Å². The quantitative estimate of drug-likeness (QED) is 0.792. The molecule has 1 unspecified atom stereocenters. The summed E-state index contributed by atoms with van der Waals surface area (Å²) >= 11 is 0. The number of hydrogen-bond donors (Lipinski definition) is 1. The molecule has 1 fully saturated rings. The summed E-state index contributed by atoms with van der Waals surface area (Å²) in [7, 11) is 0. The fraction of sp³-hybridized carbons (Fsp3) is 0.211. The second-order valence-corrected chi connectivity index (χ2v) is 6.10. The highest BCUT2D eigenvalue weighted by Gasteiger charge is 2.27. The molecule has 0 spiro atoms. The van der Waals surface area contributed by atoms with Gasteiger partial charge in [0.25, 0.3) is 11.8 Å².